The molecule has 2 fully saturated rings. The van der Waals surface area contributed by atoms with E-state index >= 15 is 0 Å². The van der Waals surface area contributed by atoms with Gasteiger partial charge < -0.3 is 5.32 Å². The van der Waals surface area contributed by atoms with Crippen LogP contribution in [-0.2, 0) is 0 Å². The summed E-state index contributed by atoms with van der Waals surface area (Å²) < 4.78 is 0. The van der Waals surface area contributed by atoms with Crippen molar-refractivity contribution in [3.8, 4) is 0 Å². The molecule has 0 amide bonds. The van der Waals surface area contributed by atoms with Gasteiger partial charge in [-0.2, -0.15) is 0 Å². The second-order valence-electron chi connectivity index (χ2n) is 6.24. The quantitative estimate of drug-likeness (QED) is 0.714. The van der Waals surface area contributed by atoms with E-state index in [2.05, 4.69) is 19.3 Å². The van der Waals surface area contributed by atoms with Gasteiger partial charge in [0.2, 0.25) is 0 Å². The van der Waals surface area contributed by atoms with Crippen LogP contribution in [0.5, 0.6) is 0 Å². The number of hydrogen-bond acceptors (Lipinski definition) is 1. The Morgan fingerprint density at radius 1 is 0.875 bits per heavy atom. The van der Waals surface area contributed by atoms with Gasteiger partial charge in [-0.1, -0.05) is 39.0 Å². The van der Waals surface area contributed by atoms with Crippen LogP contribution in [0.2, 0.25) is 0 Å². The Morgan fingerprint density at radius 3 is 2.06 bits per heavy atom. The van der Waals surface area contributed by atoms with Crippen LogP contribution in [0.3, 0.4) is 0 Å². The van der Waals surface area contributed by atoms with Crippen LogP contribution in [0.25, 0.3) is 0 Å². The van der Waals surface area contributed by atoms with Crippen LogP contribution in [0.1, 0.15) is 64.7 Å². The summed E-state index contributed by atoms with van der Waals surface area (Å²) in [5, 5.41) is 3.66. The lowest BCUT2D eigenvalue weighted by Gasteiger charge is -2.31. The standard InChI is InChI=1S/C15H29N/c1-12-9-10-14(11-12)15(16-2)13-7-5-3-4-6-8-13/h12-16H,3-11H2,1-2H3. The topological polar surface area (TPSA) is 12.0 Å². The van der Waals surface area contributed by atoms with E-state index in [0.29, 0.717) is 0 Å². The first-order valence-electron chi connectivity index (χ1n) is 7.48. The summed E-state index contributed by atoms with van der Waals surface area (Å²) in [6.45, 7) is 2.43. The van der Waals surface area contributed by atoms with Gasteiger partial charge in [0.25, 0.3) is 0 Å². The van der Waals surface area contributed by atoms with Crippen LogP contribution in [0.15, 0.2) is 0 Å². The maximum absolute atomic E-state index is 3.66. The van der Waals surface area contributed by atoms with Crippen LogP contribution in [0.4, 0.5) is 0 Å². The summed E-state index contributed by atoms with van der Waals surface area (Å²) in [7, 11) is 2.19. The SMILES string of the molecule is CNC(C1CCCCCC1)C1CCC(C)C1. The molecule has 2 rings (SSSR count). The molecule has 3 atom stereocenters. The zero-order valence-corrected chi connectivity index (χ0v) is 11.2. The maximum Gasteiger partial charge on any atom is 0.0121 e. The fourth-order valence-corrected chi connectivity index (χ4v) is 4.10. The van der Waals surface area contributed by atoms with E-state index in [9.17, 15) is 0 Å². The Morgan fingerprint density at radius 2 is 1.56 bits per heavy atom. The summed E-state index contributed by atoms with van der Waals surface area (Å²) >= 11 is 0. The molecular formula is C15H29N. The predicted octanol–water partition coefficient (Wildman–Crippen LogP) is 3.98. The number of hydrogen-bond donors (Lipinski definition) is 1. The molecule has 2 saturated carbocycles. The molecule has 0 saturated heterocycles. The van der Waals surface area contributed by atoms with E-state index in [4.69, 9.17) is 0 Å². The average molecular weight is 223 g/mol. The second-order valence-corrected chi connectivity index (χ2v) is 6.24. The highest BCUT2D eigenvalue weighted by Crippen LogP contribution is 2.38. The van der Waals surface area contributed by atoms with Crippen molar-refractivity contribution in [1.82, 2.24) is 5.32 Å². The Labute approximate surface area is 101 Å². The normalized spacial score (nSPS) is 34.9. The molecule has 0 spiro atoms. The van der Waals surface area contributed by atoms with Crippen molar-refractivity contribution in [3.05, 3.63) is 0 Å². The molecule has 0 heterocycles. The molecular weight excluding hydrogens is 194 g/mol. The minimum absolute atomic E-state index is 0.822. The van der Waals surface area contributed by atoms with Crippen LogP contribution in [-0.4, -0.2) is 13.1 Å². The van der Waals surface area contributed by atoms with Crippen LogP contribution in [0, 0.1) is 17.8 Å². The molecule has 0 aromatic carbocycles. The molecule has 3 unspecified atom stereocenters. The minimum Gasteiger partial charge on any atom is -0.316 e. The average Bonchev–Trinajstić information content (AvgIpc) is 2.55. The Kier molecular flexibility index (Phi) is 4.69. The third-order valence-corrected chi connectivity index (χ3v) is 4.98. The lowest BCUT2D eigenvalue weighted by Crippen LogP contribution is -2.39. The lowest BCUT2D eigenvalue weighted by molar-refractivity contribution is 0.245. The van der Waals surface area contributed by atoms with Gasteiger partial charge in [-0.05, 0) is 50.5 Å². The Hall–Kier alpha value is -0.0400. The van der Waals surface area contributed by atoms with E-state index in [0.717, 1.165) is 23.8 Å². The molecule has 2 aliphatic rings. The molecule has 0 aromatic heterocycles. The van der Waals surface area contributed by atoms with Crippen molar-refractivity contribution in [1.29, 1.82) is 0 Å². The van der Waals surface area contributed by atoms with Crippen LogP contribution >= 0.6 is 0 Å². The van der Waals surface area contributed by atoms with Gasteiger partial charge in [0.15, 0.2) is 0 Å². The fraction of sp³-hybridized carbons (Fsp3) is 1.00. The molecule has 1 heteroatoms. The van der Waals surface area contributed by atoms with Crippen LogP contribution < -0.4 is 5.32 Å². The van der Waals surface area contributed by atoms with Crippen molar-refractivity contribution in [2.45, 2.75) is 70.8 Å². The third kappa shape index (κ3) is 3.00. The molecule has 1 N–H and O–H groups in total. The third-order valence-electron chi connectivity index (χ3n) is 4.98. The first-order valence-corrected chi connectivity index (χ1v) is 7.48. The summed E-state index contributed by atoms with van der Waals surface area (Å²) in [5.41, 5.74) is 0. The highest BCUT2D eigenvalue weighted by atomic mass is 14.9. The van der Waals surface area contributed by atoms with Gasteiger partial charge in [-0.15, -0.1) is 0 Å². The van der Waals surface area contributed by atoms with Crippen molar-refractivity contribution in [2.75, 3.05) is 7.05 Å². The summed E-state index contributed by atoms with van der Waals surface area (Å²) in [4.78, 5) is 0. The van der Waals surface area contributed by atoms with Gasteiger partial charge >= 0.3 is 0 Å². The van der Waals surface area contributed by atoms with E-state index in [-0.39, 0.29) is 0 Å². The highest BCUT2D eigenvalue weighted by Gasteiger charge is 2.32. The van der Waals surface area contributed by atoms with Crippen molar-refractivity contribution in [3.63, 3.8) is 0 Å². The van der Waals surface area contributed by atoms with Gasteiger partial charge in [-0.3, -0.25) is 0 Å². The van der Waals surface area contributed by atoms with Gasteiger partial charge in [-0.25, -0.2) is 0 Å². The van der Waals surface area contributed by atoms with E-state index in [1.807, 2.05) is 0 Å². The summed E-state index contributed by atoms with van der Waals surface area (Å²) in [6, 6.07) is 0.822. The first-order chi connectivity index (χ1) is 7.81. The lowest BCUT2D eigenvalue weighted by atomic mass is 9.82. The summed E-state index contributed by atoms with van der Waals surface area (Å²) in [6.07, 6.45) is 13.3. The van der Waals surface area contributed by atoms with Crippen molar-refractivity contribution >= 4 is 0 Å². The number of nitrogens with one attached hydrogen (secondary N) is 1. The summed E-state index contributed by atoms with van der Waals surface area (Å²) in [5.74, 6) is 2.93. The highest BCUT2D eigenvalue weighted by molar-refractivity contribution is 4.87. The zero-order chi connectivity index (χ0) is 11.4. The van der Waals surface area contributed by atoms with Gasteiger partial charge in [0.1, 0.15) is 0 Å². The Bertz CT molecular complexity index is 194. The molecule has 2 aliphatic carbocycles. The first kappa shape index (κ1) is 12.4. The largest absolute Gasteiger partial charge is 0.316 e. The predicted molar refractivity (Wildman–Crippen MR) is 70.5 cm³/mol. The van der Waals surface area contributed by atoms with E-state index in [1.54, 1.807) is 0 Å². The smallest absolute Gasteiger partial charge is 0.0121 e. The molecule has 0 aromatic rings. The maximum atomic E-state index is 3.66. The minimum atomic E-state index is 0.822. The second kappa shape index (κ2) is 6.05. The molecule has 0 bridgehead atoms. The Balaban J connectivity index is 1.92. The molecule has 94 valence electrons. The van der Waals surface area contributed by atoms with Gasteiger partial charge in [0.05, 0.1) is 0 Å². The van der Waals surface area contributed by atoms with Crippen molar-refractivity contribution < 1.29 is 0 Å². The molecule has 16 heavy (non-hydrogen) atoms. The fourth-order valence-electron chi connectivity index (χ4n) is 4.10. The van der Waals surface area contributed by atoms with Crippen molar-refractivity contribution in [2.24, 2.45) is 17.8 Å². The molecule has 0 aliphatic heterocycles. The van der Waals surface area contributed by atoms with Gasteiger partial charge in [0, 0.05) is 6.04 Å². The zero-order valence-electron chi connectivity index (χ0n) is 11.2. The molecule has 0 radical (unpaired) electrons. The monoisotopic (exact) mass is 223 g/mol. The molecule has 1 nitrogen and oxygen atoms in total. The van der Waals surface area contributed by atoms with E-state index in [1.165, 1.54) is 57.8 Å². The number of rotatable bonds is 3. The van der Waals surface area contributed by atoms with E-state index < -0.39 is 0 Å².